The van der Waals surface area contributed by atoms with E-state index in [-0.39, 0.29) is 17.7 Å². The SMILES string of the molecule is CCC[C@H](N)Cc1nc(N)[nH]c(=O)c1N. The Balaban J connectivity index is 2.89. The van der Waals surface area contributed by atoms with E-state index in [4.69, 9.17) is 17.2 Å². The number of nitrogen functional groups attached to an aromatic ring is 2. The Morgan fingerprint density at radius 1 is 1.47 bits per heavy atom. The molecule has 0 radical (unpaired) electrons. The van der Waals surface area contributed by atoms with Crippen LogP contribution in [0.5, 0.6) is 0 Å². The van der Waals surface area contributed by atoms with Gasteiger partial charge in [-0.15, -0.1) is 0 Å². The lowest BCUT2D eigenvalue weighted by Crippen LogP contribution is -2.26. The van der Waals surface area contributed by atoms with Crippen LogP contribution in [-0.4, -0.2) is 16.0 Å². The molecule has 15 heavy (non-hydrogen) atoms. The van der Waals surface area contributed by atoms with Gasteiger partial charge in [0.1, 0.15) is 5.69 Å². The van der Waals surface area contributed by atoms with Gasteiger partial charge in [-0.2, -0.15) is 0 Å². The molecule has 0 fully saturated rings. The molecule has 0 unspecified atom stereocenters. The second-order valence-corrected chi connectivity index (χ2v) is 3.56. The Bertz CT molecular complexity index is 387. The lowest BCUT2D eigenvalue weighted by molar-refractivity contribution is 0.594. The van der Waals surface area contributed by atoms with Crippen molar-refractivity contribution in [3.8, 4) is 0 Å². The molecule has 1 heterocycles. The van der Waals surface area contributed by atoms with Crippen molar-refractivity contribution in [1.29, 1.82) is 0 Å². The Morgan fingerprint density at radius 2 is 2.13 bits per heavy atom. The zero-order chi connectivity index (χ0) is 11.4. The van der Waals surface area contributed by atoms with E-state index in [0.29, 0.717) is 12.1 Å². The summed E-state index contributed by atoms with van der Waals surface area (Å²) in [5.74, 6) is 0.0768. The third kappa shape index (κ3) is 2.95. The average Bonchev–Trinajstić information content (AvgIpc) is 2.13. The Morgan fingerprint density at radius 3 is 2.73 bits per heavy atom. The molecule has 0 aromatic carbocycles. The highest BCUT2D eigenvalue weighted by atomic mass is 16.1. The van der Waals surface area contributed by atoms with Crippen molar-refractivity contribution in [3.63, 3.8) is 0 Å². The van der Waals surface area contributed by atoms with Crippen LogP contribution in [-0.2, 0) is 6.42 Å². The molecule has 1 atom stereocenters. The van der Waals surface area contributed by atoms with Crippen molar-refractivity contribution in [3.05, 3.63) is 16.0 Å². The van der Waals surface area contributed by atoms with E-state index in [9.17, 15) is 4.79 Å². The zero-order valence-electron chi connectivity index (χ0n) is 8.79. The first-order chi connectivity index (χ1) is 7.04. The van der Waals surface area contributed by atoms with E-state index < -0.39 is 5.56 Å². The molecule has 0 bridgehead atoms. The van der Waals surface area contributed by atoms with Gasteiger partial charge < -0.3 is 17.2 Å². The maximum atomic E-state index is 11.3. The fourth-order valence-corrected chi connectivity index (χ4v) is 1.43. The highest BCUT2D eigenvalue weighted by Crippen LogP contribution is 2.08. The molecular weight excluding hydrogens is 194 g/mol. The maximum absolute atomic E-state index is 11.3. The number of H-pyrrole nitrogens is 1. The van der Waals surface area contributed by atoms with Crippen LogP contribution in [0.25, 0.3) is 0 Å². The molecule has 1 aromatic heterocycles. The highest BCUT2D eigenvalue weighted by Gasteiger charge is 2.10. The van der Waals surface area contributed by atoms with E-state index in [1.165, 1.54) is 0 Å². The second-order valence-electron chi connectivity index (χ2n) is 3.56. The van der Waals surface area contributed by atoms with E-state index in [0.717, 1.165) is 12.8 Å². The first-order valence-corrected chi connectivity index (χ1v) is 4.94. The summed E-state index contributed by atoms with van der Waals surface area (Å²) in [6, 6.07) is -0.0361. The van der Waals surface area contributed by atoms with E-state index in [1.54, 1.807) is 0 Å². The molecule has 0 aliphatic rings. The number of nitrogens with two attached hydrogens (primary N) is 3. The molecule has 1 aromatic rings. The molecule has 0 aliphatic heterocycles. The van der Waals surface area contributed by atoms with Crippen molar-refractivity contribution >= 4 is 11.6 Å². The predicted molar refractivity (Wildman–Crippen MR) is 60.3 cm³/mol. The molecule has 7 N–H and O–H groups in total. The molecule has 0 saturated carbocycles. The van der Waals surface area contributed by atoms with Gasteiger partial charge in [0.25, 0.3) is 5.56 Å². The van der Waals surface area contributed by atoms with Crippen LogP contribution in [0.4, 0.5) is 11.6 Å². The van der Waals surface area contributed by atoms with Gasteiger partial charge in [0, 0.05) is 12.5 Å². The number of nitrogens with one attached hydrogen (secondary N) is 1. The normalized spacial score (nSPS) is 12.7. The summed E-state index contributed by atoms with van der Waals surface area (Å²) >= 11 is 0. The Hall–Kier alpha value is -1.56. The van der Waals surface area contributed by atoms with E-state index in [1.807, 2.05) is 6.92 Å². The number of hydrogen-bond donors (Lipinski definition) is 4. The first-order valence-electron chi connectivity index (χ1n) is 4.94. The van der Waals surface area contributed by atoms with E-state index >= 15 is 0 Å². The van der Waals surface area contributed by atoms with Crippen molar-refractivity contribution in [2.75, 3.05) is 11.5 Å². The fourth-order valence-electron chi connectivity index (χ4n) is 1.43. The fraction of sp³-hybridized carbons (Fsp3) is 0.556. The standard InChI is InChI=1S/C9H17N5O/c1-2-3-5(10)4-6-7(11)8(15)14-9(12)13-6/h5H,2-4,10-11H2,1H3,(H3,12,13,14,15)/t5-/m0/s1. The van der Waals surface area contributed by atoms with Gasteiger partial charge in [-0.3, -0.25) is 9.78 Å². The molecule has 0 saturated heterocycles. The summed E-state index contributed by atoms with van der Waals surface area (Å²) in [4.78, 5) is 17.6. The number of aromatic nitrogens is 2. The minimum atomic E-state index is -0.402. The number of aromatic amines is 1. The monoisotopic (exact) mass is 211 g/mol. The third-order valence-corrected chi connectivity index (χ3v) is 2.17. The predicted octanol–water partition coefficient (Wildman–Crippen LogP) is -0.396. The summed E-state index contributed by atoms with van der Waals surface area (Å²) in [5, 5.41) is 0. The van der Waals surface area contributed by atoms with Gasteiger partial charge >= 0.3 is 0 Å². The summed E-state index contributed by atoms with van der Waals surface area (Å²) in [6.45, 7) is 2.04. The molecular formula is C9H17N5O. The van der Waals surface area contributed by atoms with Gasteiger partial charge in [-0.1, -0.05) is 13.3 Å². The maximum Gasteiger partial charge on any atom is 0.275 e. The largest absolute Gasteiger partial charge is 0.393 e. The molecule has 0 amide bonds. The molecule has 6 heteroatoms. The molecule has 0 aliphatic carbocycles. The quantitative estimate of drug-likeness (QED) is 0.539. The minimum absolute atomic E-state index is 0.0361. The summed E-state index contributed by atoms with van der Waals surface area (Å²) in [6.07, 6.45) is 2.33. The summed E-state index contributed by atoms with van der Waals surface area (Å²) < 4.78 is 0. The van der Waals surface area contributed by atoms with Crippen molar-refractivity contribution in [2.24, 2.45) is 5.73 Å². The highest BCUT2D eigenvalue weighted by molar-refractivity contribution is 5.43. The number of hydrogen-bond acceptors (Lipinski definition) is 5. The Kier molecular flexibility index (Phi) is 3.68. The molecule has 84 valence electrons. The van der Waals surface area contributed by atoms with Crippen molar-refractivity contribution in [1.82, 2.24) is 9.97 Å². The summed E-state index contributed by atoms with van der Waals surface area (Å²) in [5.41, 5.74) is 17.0. The smallest absolute Gasteiger partial charge is 0.275 e. The van der Waals surface area contributed by atoms with Gasteiger partial charge in [-0.25, -0.2) is 4.98 Å². The van der Waals surface area contributed by atoms with Crippen LogP contribution >= 0.6 is 0 Å². The van der Waals surface area contributed by atoms with E-state index in [2.05, 4.69) is 9.97 Å². The third-order valence-electron chi connectivity index (χ3n) is 2.17. The Labute approximate surface area is 87.9 Å². The zero-order valence-corrected chi connectivity index (χ0v) is 8.79. The van der Waals surface area contributed by atoms with Crippen LogP contribution in [0.15, 0.2) is 4.79 Å². The van der Waals surface area contributed by atoms with Gasteiger partial charge in [0.15, 0.2) is 0 Å². The number of anilines is 2. The lowest BCUT2D eigenvalue weighted by atomic mass is 10.1. The van der Waals surface area contributed by atoms with Crippen LogP contribution in [0.3, 0.4) is 0 Å². The molecule has 6 nitrogen and oxygen atoms in total. The lowest BCUT2D eigenvalue weighted by Gasteiger charge is -2.11. The van der Waals surface area contributed by atoms with Gasteiger partial charge in [0.2, 0.25) is 5.95 Å². The number of rotatable bonds is 4. The van der Waals surface area contributed by atoms with Gasteiger partial charge in [0.05, 0.1) is 5.69 Å². The van der Waals surface area contributed by atoms with Crippen LogP contribution in [0, 0.1) is 0 Å². The first kappa shape index (κ1) is 11.5. The van der Waals surface area contributed by atoms with Crippen molar-refractivity contribution in [2.45, 2.75) is 32.2 Å². The van der Waals surface area contributed by atoms with Gasteiger partial charge in [-0.05, 0) is 6.42 Å². The summed E-state index contributed by atoms with van der Waals surface area (Å²) in [7, 11) is 0. The van der Waals surface area contributed by atoms with Crippen molar-refractivity contribution < 1.29 is 0 Å². The number of nitrogens with zero attached hydrogens (tertiary/aromatic N) is 1. The van der Waals surface area contributed by atoms with Crippen LogP contribution < -0.4 is 22.8 Å². The second kappa shape index (κ2) is 4.79. The average molecular weight is 211 g/mol. The van der Waals surface area contributed by atoms with Crippen LogP contribution in [0.1, 0.15) is 25.5 Å². The topological polar surface area (TPSA) is 124 Å². The molecule has 0 spiro atoms. The van der Waals surface area contributed by atoms with Crippen LogP contribution in [0.2, 0.25) is 0 Å². The minimum Gasteiger partial charge on any atom is -0.393 e. The molecule has 1 rings (SSSR count).